The Morgan fingerprint density at radius 3 is 2.21 bits per heavy atom. The molecular formula is C23H26F3N3O3S. The molecular weight excluding hydrogens is 455 g/mol. The number of benzene rings is 2. The molecule has 0 radical (unpaired) electrons. The van der Waals surface area contributed by atoms with Gasteiger partial charge >= 0.3 is 6.18 Å². The number of sulfonamides is 1. The third-order valence-corrected chi connectivity index (χ3v) is 8.00. The van der Waals surface area contributed by atoms with E-state index in [0.29, 0.717) is 11.6 Å². The average Bonchev–Trinajstić information content (AvgIpc) is 3.31. The van der Waals surface area contributed by atoms with Crippen molar-refractivity contribution in [1.29, 1.82) is 0 Å². The van der Waals surface area contributed by atoms with Gasteiger partial charge in [-0.15, -0.1) is 0 Å². The number of carbonyl (C=O) groups is 1. The van der Waals surface area contributed by atoms with E-state index in [2.05, 4.69) is 4.90 Å². The van der Waals surface area contributed by atoms with Crippen LogP contribution in [0.25, 0.3) is 0 Å². The van der Waals surface area contributed by atoms with Crippen LogP contribution in [-0.4, -0.2) is 67.7 Å². The Kier molecular flexibility index (Phi) is 6.78. The Morgan fingerprint density at radius 1 is 0.879 bits per heavy atom. The minimum absolute atomic E-state index is 0.0256. The fraction of sp³-hybridized carbons (Fsp3) is 0.435. The minimum atomic E-state index is -4.63. The van der Waals surface area contributed by atoms with Crippen molar-refractivity contribution >= 4 is 15.9 Å². The first-order valence-corrected chi connectivity index (χ1v) is 12.4. The van der Waals surface area contributed by atoms with Crippen molar-refractivity contribution in [3.05, 3.63) is 65.2 Å². The fourth-order valence-corrected chi connectivity index (χ4v) is 5.77. The summed E-state index contributed by atoms with van der Waals surface area (Å²) in [5.74, 6) is -0.172. The van der Waals surface area contributed by atoms with Crippen molar-refractivity contribution in [3.63, 3.8) is 0 Å². The number of rotatable bonds is 5. The Labute approximate surface area is 191 Å². The first-order chi connectivity index (χ1) is 15.6. The van der Waals surface area contributed by atoms with E-state index in [4.69, 9.17) is 0 Å². The molecule has 10 heteroatoms. The average molecular weight is 482 g/mol. The second-order valence-electron chi connectivity index (χ2n) is 8.41. The molecule has 2 aliphatic heterocycles. The Balaban J connectivity index is 1.41. The van der Waals surface area contributed by atoms with Crippen LogP contribution in [0, 0.1) is 0 Å². The first kappa shape index (κ1) is 23.7. The molecule has 0 aromatic heterocycles. The molecule has 0 bridgehead atoms. The van der Waals surface area contributed by atoms with E-state index >= 15 is 0 Å². The SMILES string of the molecule is O=C(c1cccc(CN2CCCC2)c1)N1CCN(S(=O)(=O)c2cccc(C(F)(F)F)c2)CC1. The Hall–Kier alpha value is -2.43. The van der Waals surface area contributed by atoms with Gasteiger partial charge in [-0.2, -0.15) is 17.5 Å². The number of halogens is 3. The molecule has 1 amide bonds. The lowest BCUT2D eigenvalue weighted by atomic mass is 10.1. The maximum absolute atomic E-state index is 13.0. The van der Waals surface area contributed by atoms with E-state index in [1.54, 1.807) is 11.0 Å². The molecule has 0 unspecified atom stereocenters. The zero-order valence-electron chi connectivity index (χ0n) is 18.1. The normalized spacial score (nSPS) is 18.6. The molecule has 2 heterocycles. The number of piperazine rings is 1. The second kappa shape index (κ2) is 9.44. The van der Waals surface area contributed by atoms with Crippen LogP contribution in [0.15, 0.2) is 53.4 Å². The molecule has 0 spiro atoms. The van der Waals surface area contributed by atoms with Crippen LogP contribution in [0.4, 0.5) is 13.2 Å². The molecule has 6 nitrogen and oxygen atoms in total. The largest absolute Gasteiger partial charge is 0.416 e. The van der Waals surface area contributed by atoms with Gasteiger partial charge in [-0.3, -0.25) is 9.69 Å². The van der Waals surface area contributed by atoms with Crippen molar-refractivity contribution in [2.24, 2.45) is 0 Å². The van der Waals surface area contributed by atoms with Crippen LogP contribution in [0.5, 0.6) is 0 Å². The topological polar surface area (TPSA) is 60.9 Å². The van der Waals surface area contributed by atoms with Crippen LogP contribution in [-0.2, 0) is 22.7 Å². The number of hydrogen-bond donors (Lipinski definition) is 0. The molecule has 2 aromatic carbocycles. The highest BCUT2D eigenvalue weighted by Gasteiger charge is 2.34. The predicted molar refractivity (Wildman–Crippen MR) is 117 cm³/mol. The van der Waals surface area contributed by atoms with Crippen molar-refractivity contribution in [1.82, 2.24) is 14.1 Å². The molecule has 2 saturated heterocycles. The van der Waals surface area contributed by atoms with Crippen LogP contribution in [0.1, 0.15) is 34.3 Å². The number of hydrogen-bond acceptors (Lipinski definition) is 4. The number of nitrogens with zero attached hydrogens (tertiary/aromatic N) is 3. The Morgan fingerprint density at radius 2 is 1.55 bits per heavy atom. The molecule has 2 aliphatic rings. The number of likely N-dealkylation sites (tertiary alicyclic amines) is 1. The Bertz CT molecular complexity index is 1110. The summed E-state index contributed by atoms with van der Waals surface area (Å²) in [5.41, 5.74) is 0.612. The molecule has 2 fully saturated rings. The lowest BCUT2D eigenvalue weighted by molar-refractivity contribution is -0.137. The van der Waals surface area contributed by atoms with E-state index in [1.165, 1.54) is 12.8 Å². The molecule has 0 atom stereocenters. The summed E-state index contributed by atoms with van der Waals surface area (Å²) >= 11 is 0. The highest BCUT2D eigenvalue weighted by molar-refractivity contribution is 7.89. The molecule has 0 saturated carbocycles. The summed E-state index contributed by atoms with van der Waals surface area (Å²) in [7, 11) is -4.09. The summed E-state index contributed by atoms with van der Waals surface area (Å²) in [4.78, 5) is 16.5. The van der Waals surface area contributed by atoms with Gasteiger partial charge in [0.15, 0.2) is 0 Å². The maximum Gasteiger partial charge on any atom is 0.416 e. The van der Waals surface area contributed by atoms with Gasteiger partial charge in [-0.05, 0) is 61.8 Å². The summed E-state index contributed by atoms with van der Waals surface area (Å²) in [6, 6.07) is 11.2. The van der Waals surface area contributed by atoms with Gasteiger partial charge in [-0.25, -0.2) is 8.42 Å². The van der Waals surface area contributed by atoms with Gasteiger partial charge in [-0.1, -0.05) is 18.2 Å². The predicted octanol–water partition coefficient (Wildman–Crippen LogP) is 3.45. The van der Waals surface area contributed by atoms with Gasteiger partial charge < -0.3 is 4.90 Å². The zero-order chi connectivity index (χ0) is 23.6. The third kappa shape index (κ3) is 5.39. The summed E-state index contributed by atoms with van der Waals surface area (Å²) in [6.45, 7) is 3.31. The molecule has 178 valence electrons. The maximum atomic E-state index is 13.0. The molecule has 0 N–H and O–H groups in total. The monoisotopic (exact) mass is 481 g/mol. The summed E-state index contributed by atoms with van der Waals surface area (Å²) in [6.07, 6.45) is -2.25. The molecule has 4 rings (SSSR count). The van der Waals surface area contributed by atoms with Gasteiger partial charge in [0.1, 0.15) is 0 Å². The highest BCUT2D eigenvalue weighted by Crippen LogP contribution is 2.31. The van der Waals surface area contributed by atoms with Gasteiger partial charge in [0, 0.05) is 38.3 Å². The van der Waals surface area contributed by atoms with E-state index in [-0.39, 0.29) is 32.1 Å². The van der Waals surface area contributed by atoms with Crippen molar-refractivity contribution < 1.29 is 26.4 Å². The van der Waals surface area contributed by atoms with Crippen LogP contribution in [0.2, 0.25) is 0 Å². The van der Waals surface area contributed by atoms with Crippen LogP contribution in [0.3, 0.4) is 0 Å². The van der Waals surface area contributed by atoms with Gasteiger partial charge in [0.05, 0.1) is 10.5 Å². The van der Waals surface area contributed by atoms with Gasteiger partial charge in [0.2, 0.25) is 10.0 Å². The van der Waals surface area contributed by atoms with E-state index in [1.807, 2.05) is 18.2 Å². The zero-order valence-corrected chi connectivity index (χ0v) is 18.9. The third-order valence-electron chi connectivity index (χ3n) is 6.10. The van der Waals surface area contributed by atoms with Crippen LogP contribution < -0.4 is 0 Å². The highest BCUT2D eigenvalue weighted by atomic mass is 32.2. The standard InChI is InChI=1S/C23H26F3N3O3S/c24-23(25,26)20-7-4-8-21(16-20)33(31,32)29-13-11-28(12-14-29)22(30)19-6-3-5-18(15-19)17-27-9-1-2-10-27/h3-8,15-16H,1-2,9-14,17H2. The fourth-order valence-electron chi connectivity index (χ4n) is 4.30. The van der Waals surface area contributed by atoms with E-state index in [9.17, 15) is 26.4 Å². The lowest BCUT2D eigenvalue weighted by Crippen LogP contribution is -2.50. The number of amides is 1. The molecule has 2 aromatic rings. The lowest BCUT2D eigenvalue weighted by Gasteiger charge is -2.34. The smallest absolute Gasteiger partial charge is 0.336 e. The van der Waals surface area contributed by atoms with Crippen LogP contribution >= 0.6 is 0 Å². The second-order valence-corrected chi connectivity index (χ2v) is 10.3. The number of alkyl halides is 3. The minimum Gasteiger partial charge on any atom is -0.336 e. The summed E-state index contributed by atoms with van der Waals surface area (Å²) in [5, 5.41) is 0. The summed E-state index contributed by atoms with van der Waals surface area (Å²) < 4.78 is 65.8. The first-order valence-electron chi connectivity index (χ1n) is 10.9. The quantitative estimate of drug-likeness (QED) is 0.657. The number of carbonyl (C=O) groups excluding carboxylic acids is 1. The molecule has 0 aliphatic carbocycles. The van der Waals surface area contributed by atoms with Crippen molar-refractivity contribution in [3.8, 4) is 0 Å². The van der Waals surface area contributed by atoms with Crippen molar-refractivity contribution in [2.45, 2.75) is 30.5 Å². The van der Waals surface area contributed by atoms with E-state index in [0.717, 1.165) is 47.7 Å². The molecule has 33 heavy (non-hydrogen) atoms. The van der Waals surface area contributed by atoms with Gasteiger partial charge in [0.25, 0.3) is 5.91 Å². The van der Waals surface area contributed by atoms with E-state index < -0.39 is 26.7 Å². The van der Waals surface area contributed by atoms with Crippen molar-refractivity contribution in [2.75, 3.05) is 39.3 Å².